The van der Waals surface area contributed by atoms with Gasteiger partial charge in [-0.15, -0.1) is 12.4 Å². The molecule has 0 aromatic heterocycles. The van der Waals surface area contributed by atoms with Crippen LogP contribution in [-0.4, -0.2) is 49.6 Å². The molecule has 0 aromatic carbocycles. The fraction of sp³-hybridized carbons (Fsp3) is 0.846. The van der Waals surface area contributed by atoms with Crippen LogP contribution in [0.15, 0.2) is 0 Å². The standard InChI is InChI=1S/C13H26N4O2.ClH/c1-9(2)7-15-13(19)16-12(18)8-17(3)11(6-14)10-4-5-10;/h9-11H,4-8,14H2,1-3H3,(H2,15,16,18,19);1H. The Morgan fingerprint density at radius 3 is 2.40 bits per heavy atom. The van der Waals surface area contributed by atoms with E-state index in [1.807, 2.05) is 25.8 Å². The van der Waals surface area contributed by atoms with Crippen molar-refractivity contribution in [3.8, 4) is 0 Å². The van der Waals surface area contributed by atoms with Gasteiger partial charge >= 0.3 is 6.03 Å². The van der Waals surface area contributed by atoms with Crippen LogP contribution >= 0.6 is 12.4 Å². The Morgan fingerprint density at radius 1 is 1.35 bits per heavy atom. The Balaban J connectivity index is 0.00000361. The molecule has 1 atom stereocenters. The first kappa shape index (κ1) is 19.1. The highest BCUT2D eigenvalue weighted by molar-refractivity contribution is 5.95. The lowest BCUT2D eigenvalue weighted by Crippen LogP contribution is -2.48. The third-order valence-corrected chi connectivity index (χ3v) is 3.29. The highest BCUT2D eigenvalue weighted by Crippen LogP contribution is 2.34. The van der Waals surface area contributed by atoms with Gasteiger partial charge in [-0.1, -0.05) is 13.8 Å². The van der Waals surface area contributed by atoms with E-state index < -0.39 is 6.03 Å². The lowest BCUT2D eigenvalue weighted by Gasteiger charge is -2.26. The molecule has 0 spiro atoms. The average molecular weight is 307 g/mol. The molecule has 6 nitrogen and oxygen atoms in total. The van der Waals surface area contributed by atoms with E-state index in [0.717, 1.165) is 0 Å². The van der Waals surface area contributed by atoms with Crippen LogP contribution in [0.2, 0.25) is 0 Å². The molecule has 0 heterocycles. The second-order valence-corrected chi connectivity index (χ2v) is 5.71. The number of nitrogens with zero attached hydrogens (tertiary/aromatic N) is 1. The number of carbonyl (C=O) groups is 2. The van der Waals surface area contributed by atoms with Gasteiger partial charge in [-0.3, -0.25) is 15.0 Å². The maximum atomic E-state index is 11.7. The van der Waals surface area contributed by atoms with Crippen molar-refractivity contribution in [3.05, 3.63) is 0 Å². The minimum atomic E-state index is -0.428. The van der Waals surface area contributed by atoms with Gasteiger partial charge in [0.15, 0.2) is 0 Å². The number of carbonyl (C=O) groups excluding carboxylic acids is 2. The van der Waals surface area contributed by atoms with Gasteiger partial charge < -0.3 is 11.1 Å². The fourth-order valence-corrected chi connectivity index (χ4v) is 2.06. The summed E-state index contributed by atoms with van der Waals surface area (Å²) in [5, 5.41) is 4.98. The first-order valence-corrected chi connectivity index (χ1v) is 6.92. The Morgan fingerprint density at radius 2 is 1.95 bits per heavy atom. The molecule has 0 bridgehead atoms. The summed E-state index contributed by atoms with van der Waals surface area (Å²) in [7, 11) is 1.88. The number of amides is 3. The van der Waals surface area contributed by atoms with Crippen molar-refractivity contribution in [2.45, 2.75) is 32.7 Å². The Bertz CT molecular complexity index is 321. The van der Waals surface area contributed by atoms with Gasteiger partial charge in [0.25, 0.3) is 0 Å². The van der Waals surface area contributed by atoms with Crippen LogP contribution in [0.3, 0.4) is 0 Å². The topological polar surface area (TPSA) is 87.5 Å². The number of nitrogens with two attached hydrogens (primary N) is 1. The molecule has 1 saturated carbocycles. The fourth-order valence-electron chi connectivity index (χ4n) is 2.06. The summed E-state index contributed by atoms with van der Waals surface area (Å²) < 4.78 is 0. The lowest BCUT2D eigenvalue weighted by atomic mass is 10.1. The van der Waals surface area contributed by atoms with Gasteiger partial charge in [0, 0.05) is 19.1 Å². The van der Waals surface area contributed by atoms with Crippen LogP contribution in [0.5, 0.6) is 0 Å². The number of imide groups is 1. The molecule has 20 heavy (non-hydrogen) atoms. The van der Waals surface area contributed by atoms with Crippen LogP contribution in [0, 0.1) is 11.8 Å². The molecule has 1 aliphatic rings. The summed E-state index contributed by atoms with van der Waals surface area (Å²) in [4.78, 5) is 25.1. The first-order chi connectivity index (χ1) is 8.93. The van der Waals surface area contributed by atoms with Gasteiger partial charge in [0.2, 0.25) is 5.91 Å². The number of rotatable bonds is 7. The molecular formula is C13H27ClN4O2. The summed E-state index contributed by atoms with van der Waals surface area (Å²) in [6.45, 7) is 5.30. The quantitative estimate of drug-likeness (QED) is 0.641. The van der Waals surface area contributed by atoms with Gasteiger partial charge in [0.05, 0.1) is 6.54 Å². The predicted octanol–water partition coefficient (Wildman–Crippen LogP) is 0.559. The van der Waals surface area contributed by atoms with E-state index in [2.05, 4.69) is 10.6 Å². The molecular weight excluding hydrogens is 280 g/mol. The number of urea groups is 1. The third kappa shape index (κ3) is 7.07. The Kier molecular flexibility index (Phi) is 8.76. The first-order valence-electron chi connectivity index (χ1n) is 6.92. The molecule has 0 aromatic rings. The highest BCUT2D eigenvalue weighted by Gasteiger charge is 2.33. The molecule has 1 unspecified atom stereocenters. The number of hydrogen-bond donors (Lipinski definition) is 3. The molecule has 0 saturated heterocycles. The zero-order chi connectivity index (χ0) is 14.4. The summed E-state index contributed by atoms with van der Waals surface area (Å²) >= 11 is 0. The molecule has 1 aliphatic carbocycles. The van der Waals surface area contributed by atoms with Gasteiger partial charge in [-0.2, -0.15) is 0 Å². The van der Waals surface area contributed by atoms with Crippen molar-refractivity contribution < 1.29 is 9.59 Å². The van der Waals surface area contributed by atoms with Crippen molar-refractivity contribution in [2.24, 2.45) is 17.6 Å². The van der Waals surface area contributed by atoms with E-state index in [1.54, 1.807) is 0 Å². The van der Waals surface area contributed by atoms with Crippen molar-refractivity contribution in [1.29, 1.82) is 0 Å². The minimum Gasteiger partial charge on any atom is -0.338 e. The van der Waals surface area contributed by atoms with E-state index in [1.165, 1.54) is 12.8 Å². The summed E-state index contributed by atoms with van der Waals surface area (Å²) in [6, 6.07) is -0.188. The van der Waals surface area contributed by atoms with Crippen LogP contribution in [0.4, 0.5) is 4.79 Å². The van der Waals surface area contributed by atoms with Crippen LogP contribution in [0.25, 0.3) is 0 Å². The number of nitrogens with one attached hydrogen (secondary N) is 2. The van der Waals surface area contributed by atoms with Crippen LogP contribution in [0.1, 0.15) is 26.7 Å². The van der Waals surface area contributed by atoms with E-state index in [0.29, 0.717) is 24.9 Å². The van der Waals surface area contributed by atoms with E-state index in [-0.39, 0.29) is 30.9 Å². The smallest absolute Gasteiger partial charge is 0.321 e. The predicted molar refractivity (Wildman–Crippen MR) is 81.8 cm³/mol. The zero-order valence-electron chi connectivity index (χ0n) is 12.5. The SMILES string of the molecule is CC(C)CNC(=O)NC(=O)CN(C)C(CN)C1CC1.Cl. The Labute approximate surface area is 127 Å². The third-order valence-electron chi connectivity index (χ3n) is 3.29. The van der Waals surface area contributed by atoms with Crippen LogP contribution < -0.4 is 16.4 Å². The maximum Gasteiger partial charge on any atom is 0.321 e. The largest absolute Gasteiger partial charge is 0.338 e. The monoisotopic (exact) mass is 306 g/mol. The van der Waals surface area contributed by atoms with Crippen molar-refractivity contribution in [3.63, 3.8) is 0 Å². The van der Waals surface area contributed by atoms with Gasteiger partial charge in [-0.25, -0.2) is 4.79 Å². The van der Waals surface area contributed by atoms with E-state index in [9.17, 15) is 9.59 Å². The van der Waals surface area contributed by atoms with Crippen molar-refractivity contribution >= 4 is 24.3 Å². The van der Waals surface area contributed by atoms with Gasteiger partial charge in [0.1, 0.15) is 0 Å². The van der Waals surface area contributed by atoms with E-state index in [4.69, 9.17) is 5.73 Å². The second-order valence-electron chi connectivity index (χ2n) is 5.71. The molecule has 0 aliphatic heterocycles. The zero-order valence-corrected chi connectivity index (χ0v) is 13.3. The molecule has 1 rings (SSSR count). The average Bonchev–Trinajstić information content (AvgIpc) is 3.11. The van der Waals surface area contributed by atoms with Crippen molar-refractivity contribution in [2.75, 3.05) is 26.7 Å². The highest BCUT2D eigenvalue weighted by atomic mass is 35.5. The molecule has 7 heteroatoms. The molecule has 4 N–H and O–H groups in total. The molecule has 118 valence electrons. The molecule has 3 amide bonds. The molecule has 1 fully saturated rings. The molecule has 0 radical (unpaired) electrons. The Hall–Kier alpha value is -0.850. The lowest BCUT2D eigenvalue weighted by molar-refractivity contribution is -0.121. The summed E-state index contributed by atoms with van der Waals surface area (Å²) in [6.07, 6.45) is 2.37. The van der Waals surface area contributed by atoms with Crippen molar-refractivity contribution in [1.82, 2.24) is 15.5 Å². The number of hydrogen-bond acceptors (Lipinski definition) is 4. The normalized spacial score (nSPS) is 15.7. The summed E-state index contributed by atoms with van der Waals surface area (Å²) in [5.74, 6) is 0.681. The summed E-state index contributed by atoms with van der Waals surface area (Å²) in [5.41, 5.74) is 5.72. The number of likely N-dealkylation sites (N-methyl/N-ethyl adjacent to an activating group) is 1. The number of halogens is 1. The second kappa shape index (κ2) is 9.15. The van der Waals surface area contributed by atoms with Crippen LogP contribution in [-0.2, 0) is 4.79 Å². The minimum absolute atomic E-state index is 0. The van der Waals surface area contributed by atoms with Gasteiger partial charge in [-0.05, 0) is 31.7 Å². The maximum absolute atomic E-state index is 11.7. The van der Waals surface area contributed by atoms with E-state index >= 15 is 0 Å².